The molecule has 0 fully saturated rings. The Morgan fingerprint density at radius 3 is 2.70 bits per heavy atom. The van der Waals surface area contributed by atoms with E-state index in [4.69, 9.17) is 16.7 Å². The molecule has 0 amide bonds. The minimum atomic E-state index is -4.52. The number of aliphatic hydroxyl groups excluding tert-OH is 1. The van der Waals surface area contributed by atoms with Gasteiger partial charge in [-0.15, -0.1) is 0 Å². The van der Waals surface area contributed by atoms with Gasteiger partial charge in [-0.3, -0.25) is 4.79 Å². The van der Waals surface area contributed by atoms with E-state index in [-0.39, 0.29) is 29.5 Å². The van der Waals surface area contributed by atoms with Crippen LogP contribution in [0, 0.1) is 0 Å². The maximum absolute atomic E-state index is 12.8. The zero-order valence-corrected chi connectivity index (χ0v) is 12.8. The summed E-state index contributed by atoms with van der Waals surface area (Å²) in [6.07, 6.45) is -3.26. The van der Waals surface area contributed by atoms with E-state index < -0.39 is 17.3 Å². The van der Waals surface area contributed by atoms with Crippen LogP contribution in [0.1, 0.15) is 5.56 Å². The summed E-state index contributed by atoms with van der Waals surface area (Å²) in [5.74, 6) is 0. The molecule has 0 aliphatic carbocycles. The van der Waals surface area contributed by atoms with Crippen molar-refractivity contribution < 1.29 is 18.3 Å². The second kappa shape index (κ2) is 6.59. The van der Waals surface area contributed by atoms with Gasteiger partial charge in [0.05, 0.1) is 29.7 Å². The molecule has 1 aromatic carbocycles. The molecule has 2 aromatic rings. The van der Waals surface area contributed by atoms with E-state index in [0.717, 1.165) is 16.8 Å². The van der Waals surface area contributed by atoms with Gasteiger partial charge in [0.2, 0.25) is 0 Å². The molecule has 0 aliphatic rings. The summed E-state index contributed by atoms with van der Waals surface area (Å²) < 4.78 is 39.1. The summed E-state index contributed by atoms with van der Waals surface area (Å²) in [6, 6.07) is 4.24. The average Bonchev–Trinajstić information content (AvgIpc) is 2.49. The molecular formula is C14H13ClF3N3O2. The molecule has 0 atom stereocenters. The molecule has 5 nitrogen and oxygen atoms in total. The molecule has 0 unspecified atom stereocenters. The van der Waals surface area contributed by atoms with Crippen molar-refractivity contribution in [1.82, 2.24) is 9.78 Å². The van der Waals surface area contributed by atoms with Crippen molar-refractivity contribution in [2.75, 3.05) is 25.1 Å². The SMILES string of the molecule is CN(CCO)c1cnn(-c2cccc(C(F)(F)F)c2)c(=O)c1Cl. The largest absolute Gasteiger partial charge is 0.416 e. The maximum atomic E-state index is 12.8. The molecule has 0 saturated carbocycles. The van der Waals surface area contributed by atoms with Crippen LogP contribution in [0.3, 0.4) is 0 Å². The number of halogens is 4. The van der Waals surface area contributed by atoms with E-state index >= 15 is 0 Å². The van der Waals surface area contributed by atoms with Crippen LogP contribution >= 0.6 is 11.6 Å². The molecule has 23 heavy (non-hydrogen) atoms. The van der Waals surface area contributed by atoms with Crippen molar-refractivity contribution in [1.29, 1.82) is 0 Å². The summed E-state index contributed by atoms with van der Waals surface area (Å²) in [6.45, 7) is 0.0813. The minimum Gasteiger partial charge on any atom is -0.395 e. The van der Waals surface area contributed by atoms with E-state index in [1.165, 1.54) is 23.2 Å². The quantitative estimate of drug-likeness (QED) is 0.922. The molecule has 0 spiro atoms. The number of aromatic nitrogens is 2. The number of likely N-dealkylation sites (N-methyl/N-ethyl adjacent to an activating group) is 1. The van der Waals surface area contributed by atoms with Gasteiger partial charge in [-0.2, -0.15) is 23.0 Å². The number of aliphatic hydroxyl groups is 1. The molecule has 1 aromatic heterocycles. The van der Waals surface area contributed by atoms with Crippen LogP contribution < -0.4 is 10.5 Å². The molecule has 0 aliphatic heterocycles. The van der Waals surface area contributed by atoms with Crippen molar-refractivity contribution in [3.8, 4) is 5.69 Å². The highest BCUT2D eigenvalue weighted by atomic mass is 35.5. The monoisotopic (exact) mass is 347 g/mol. The van der Waals surface area contributed by atoms with E-state index in [9.17, 15) is 18.0 Å². The van der Waals surface area contributed by atoms with Crippen LogP contribution in [0.25, 0.3) is 5.69 Å². The third-order valence-electron chi connectivity index (χ3n) is 3.17. The average molecular weight is 348 g/mol. The molecule has 2 rings (SSSR count). The second-order valence-corrected chi connectivity index (χ2v) is 5.13. The third kappa shape index (κ3) is 3.65. The molecule has 124 valence electrons. The van der Waals surface area contributed by atoms with Crippen molar-refractivity contribution in [2.45, 2.75) is 6.18 Å². The Hall–Kier alpha value is -2.06. The summed E-state index contributed by atoms with van der Waals surface area (Å²) in [4.78, 5) is 13.8. The summed E-state index contributed by atoms with van der Waals surface area (Å²) in [5.41, 5.74) is -1.38. The van der Waals surface area contributed by atoms with E-state index in [0.29, 0.717) is 0 Å². The van der Waals surface area contributed by atoms with Gasteiger partial charge >= 0.3 is 6.18 Å². The van der Waals surface area contributed by atoms with Crippen LogP contribution in [-0.2, 0) is 6.18 Å². The zero-order chi connectivity index (χ0) is 17.2. The van der Waals surface area contributed by atoms with Gasteiger partial charge in [-0.05, 0) is 18.2 Å². The van der Waals surface area contributed by atoms with Crippen LogP contribution in [0.5, 0.6) is 0 Å². The topological polar surface area (TPSA) is 58.4 Å². The first-order chi connectivity index (χ1) is 10.8. The number of alkyl halides is 3. The lowest BCUT2D eigenvalue weighted by Crippen LogP contribution is -2.28. The Morgan fingerprint density at radius 2 is 2.09 bits per heavy atom. The van der Waals surface area contributed by atoms with Gasteiger partial charge in [-0.25, -0.2) is 0 Å². The highest BCUT2D eigenvalue weighted by Gasteiger charge is 2.30. The fraction of sp³-hybridized carbons (Fsp3) is 0.286. The zero-order valence-electron chi connectivity index (χ0n) is 12.0. The normalized spacial score (nSPS) is 11.6. The minimum absolute atomic E-state index is 0.0388. The fourth-order valence-electron chi connectivity index (χ4n) is 1.96. The number of hydrogen-bond acceptors (Lipinski definition) is 4. The fourth-order valence-corrected chi connectivity index (χ4v) is 2.23. The van der Waals surface area contributed by atoms with Gasteiger partial charge in [0.25, 0.3) is 5.56 Å². The van der Waals surface area contributed by atoms with Crippen molar-refractivity contribution >= 4 is 17.3 Å². The Bertz CT molecular complexity index is 762. The number of hydrogen-bond donors (Lipinski definition) is 1. The summed E-state index contributed by atoms with van der Waals surface area (Å²) >= 11 is 5.99. The number of nitrogens with zero attached hydrogens (tertiary/aromatic N) is 3. The highest BCUT2D eigenvalue weighted by Crippen LogP contribution is 2.30. The van der Waals surface area contributed by atoms with Crippen LogP contribution in [0.15, 0.2) is 35.3 Å². The summed E-state index contributed by atoms with van der Waals surface area (Å²) in [7, 11) is 1.60. The predicted octanol–water partition coefficient (Wildman–Crippen LogP) is 2.33. The van der Waals surface area contributed by atoms with E-state index in [2.05, 4.69) is 5.10 Å². The summed E-state index contributed by atoms with van der Waals surface area (Å²) in [5, 5.41) is 12.6. The smallest absolute Gasteiger partial charge is 0.395 e. The molecule has 0 bridgehead atoms. The number of rotatable bonds is 4. The highest BCUT2D eigenvalue weighted by molar-refractivity contribution is 6.33. The lowest BCUT2D eigenvalue weighted by molar-refractivity contribution is -0.137. The van der Waals surface area contributed by atoms with Gasteiger partial charge in [0.1, 0.15) is 5.02 Å². The van der Waals surface area contributed by atoms with Crippen LogP contribution in [0.2, 0.25) is 5.02 Å². The Morgan fingerprint density at radius 1 is 1.39 bits per heavy atom. The molecule has 0 saturated heterocycles. The lowest BCUT2D eigenvalue weighted by atomic mass is 10.2. The van der Waals surface area contributed by atoms with Crippen molar-refractivity contribution in [3.05, 3.63) is 51.4 Å². The Kier molecular flexibility index (Phi) is 4.96. The van der Waals surface area contributed by atoms with Crippen molar-refractivity contribution in [3.63, 3.8) is 0 Å². The molecule has 1 heterocycles. The van der Waals surface area contributed by atoms with Gasteiger partial charge in [0, 0.05) is 13.6 Å². The lowest BCUT2D eigenvalue weighted by Gasteiger charge is -2.19. The first-order valence-electron chi connectivity index (χ1n) is 6.53. The Labute approximate surface area is 134 Å². The van der Waals surface area contributed by atoms with Crippen LogP contribution in [0.4, 0.5) is 18.9 Å². The van der Waals surface area contributed by atoms with E-state index in [1.807, 2.05) is 0 Å². The van der Waals surface area contributed by atoms with Crippen LogP contribution in [-0.4, -0.2) is 35.1 Å². The van der Waals surface area contributed by atoms with Gasteiger partial charge in [-0.1, -0.05) is 17.7 Å². The first-order valence-corrected chi connectivity index (χ1v) is 6.91. The standard InChI is InChI=1S/C14H13ClF3N3O2/c1-20(5-6-22)11-8-19-21(13(23)12(11)15)10-4-2-3-9(7-10)14(16,17)18/h2-4,7-8,22H,5-6H2,1H3. The number of benzene rings is 1. The van der Waals surface area contributed by atoms with Gasteiger partial charge < -0.3 is 10.0 Å². The molecule has 0 radical (unpaired) electrons. The molecular weight excluding hydrogens is 335 g/mol. The third-order valence-corrected chi connectivity index (χ3v) is 3.52. The second-order valence-electron chi connectivity index (χ2n) is 4.75. The molecule has 9 heteroatoms. The van der Waals surface area contributed by atoms with Gasteiger partial charge in [0.15, 0.2) is 0 Å². The molecule has 1 N–H and O–H groups in total. The van der Waals surface area contributed by atoms with Crippen molar-refractivity contribution in [2.24, 2.45) is 0 Å². The maximum Gasteiger partial charge on any atom is 0.416 e. The number of anilines is 1. The predicted molar refractivity (Wildman–Crippen MR) is 80.2 cm³/mol. The first kappa shape index (κ1) is 17.3. The van der Waals surface area contributed by atoms with E-state index in [1.54, 1.807) is 7.05 Å². The Balaban J connectivity index is 2.50.